The van der Waals surface area contributed by atoms with E-state index < -0.39 is 0 Å². The molecule has 0 atom stereocenters. The lowest BCUT2D eigenvalue weighted by Crippen LogP contribution is -2.03. The number of hydrogen-bond acceptors (Lipinski definition) is 5. The molecule has 0 unspecified atom stereocenters. The number of aromatic nitrogens is 1. The third-order valence-corrected chi connectivity index (χ3v) is 3.41. The van der Waals surface area contributed by atoms with E-state index in [1.165, 1.54) is 11.3 Å². The summed E-state index contributed by atoms with van der Waals surface area (Å²) < 4.78 is 0.841. The maximum Gasteiger partial charge on any atom is 0.293 e. The van der Waals surface area contributed by atoms with Crippen LogP contribution in [0.1, 0.15) is 11.4 Å². The summed E-state index contributed by atoms with van der Waals surface area (Å²) in [5.41, 5.74) is 1.40. The topological polar surface area (TPSA) is 68.1 Å². The highest BCUT2D eigenvalue weighted by molar-refractivity contribution is 7.18. The smallest absolute Gasteiger partial charge is 0.293 e. The minimum absolute atomic E-state index is 0.0928. The van der Waals surface area contributed by atoms with Crippen LogP contribution in [0.4, 0.5) is 11.4 Å². The second kappa shape index (κ2) is 5.14. The van der Waals surface area contributed by atoms with E-state index >= 15 is 0 Å². The van der Waals surface area contributed by atoms with E-state index in [-0.39, 0.29) is 10.6 Å². The Hall–Kier alpha value is -1.95. The Morgan fingerprint density at radius 1 is 1.61 bits per heavy atom. The quantitative estimate of drug-likeness (QED) is 0.388. The van der Waals surface area contributed by atoms with Crippen LogP contribution in [-0.2, 0) is 0 Å². The molecule has 2 rings (SSSR count). The summed E-state index contributed by atoms with van der Waals surface area (Å²) in [6, 6.07) is 3.32. The molecular weight excluding hydrogens is 250 g/mol. The van der Waals surface area contributed by atoms with Gasteiger partial charge in [-0.3, -0.25) is 10.1 Å². The molecule has 0 spiro atoms. The largest absolute Gasteiger partial charge is 0.379 e. The van der Waals surface area contributed by atoms with E-state index in [0.29, 0.717) is 12.2 Å². The summed E-state index contributed by atoms with van der Waals surface area (Å²) in [6.45, 7) is 6.13. The van der Waals surface area contributed by atoms with Gasteiger partial charge in [0.15, 0.2) is 0 Å². The molecule has 0 aliphatic carbocycles. The standard InChI is InChI=1S/C12H13N3O2S/c1-3-4-5-13-9-6-10-12(18-8(2)14-10)7-11(9)15(16)17/h3,6-7,13H,1,4-5H2,2H3. The number of nitrogens with zero attached hydrogens (tertiary/aromatic N) is 2. The molecule has 1 aromatic carbocycles. The van der Waals surface area contributed by atoms with E-state index in [4.69, 9.17) is 0 Å². The highest BCUT2D eigenvalue weighted by Gasteiger charge is 2.16. The van der Waals surface area contributed by atoms with Crippen LogP contribution >= 0.6 is 11.3 Å². The van der Waals surface area contributed by atoms with Crippen LogP contribution < -0.4 is 5.32 Å². The number of nitro benzene ring substituents is 1. The molecule has 18 heavy (non-hydrogen) atoms. The van der Waals surface area contributed by atoms with Gasteiger partial charge in [-0.15, -0.1) is 17.9 Å². The second-order valence-corrected chi connectivity index (χ2v) is 5.07. The van der Waals surface area contributed by atoms with Crippen molar-refractivity contribution in [1.82, 2.24) is 4.98 Å². The van der Waals surface area contributed by atoms with Crippen LogP contribution in [0.5, 0.6) is 0 Å². The Balaban J connectivity index is 2.43. The molecule has 1 N–H and O–H groups in total. The zero-order valence-corrected chi connectivity index (χ0v) is 10.8. The number of aryl methyl sites for hydroxylation is 1. The minimum Gasteiger partial charge on any atom is -0.379 e. The highest BCUT2D eigenvalue weighted by atomic mass is 32.1. The van der Waals surface area contributed by atoms with Crippen molar-refractivity contribution in [3.63, 3.8) is 0 Å². The molecule has 0 aliphatic heterocycles. The Bertz CT molecular complexity index is 607. The van der Waals surface area contributed by atoms with Crippen molar-refractivity contribution in [3.05, 3.63) is 39.9 Å². The number of thiazole rings is 1. The predicted octanol–water partition coefficient (Wildman–Crippen LogP) is 3.50. The van der Waals surface area contributed by atoms with Crippen molar-refractivity contribution in [1.29, 1.82) is 0 Å². The number of hydrogen-bond donors (Lipinski definition) is 1. The molecule has 0 amide bonds. The molecule has 1 heterocycles. The van der Waals surface area contributed by atoms with E-state index in [1.54, 1.807) is 18.2 Å². The van der Waals surface area contributed by atoms with Gasteiger partial charge in [-0.2, -0.15) is 0 Å². The van der Waals surface area contributed by atoms with Crippen molar-refractivity contribution in [2.45, 2.75) is 13.3 Å². The van der Waals surface area contributed by atoms with E-state index in [2.05, 4.69) is 16.9 Å². The minimum atomic E-state index is -0.370. The second-order valence-electron chi connectivity index (χ2n) is 3.83. The fraction of sp³-hybridized carbons (Fsp3) is 0.250. The molecular formula is C12H13N3O2S. The molecule has 0 saturated heterocycles. The average molecular weight is 263 g/mol. The van der Waals surface area contributed by atoms with Gasteiger partial charge in [-0.1, -0.05) is 6.08 Å². The van der Waals surface area contributed by atoms with Crippen molar-refractivity contribution in [2.24, 2.45) is 0 Å². The molecule has 94 valence electrons. The third-order valence-electron chi connectivity index (χ3n) is 2.47. The zero-order chi connectivity index (χ0) is 13.1. The van der Waals surface area contributed by atoms with Crippen molar-refractivity contribution in [3.8, 4) is 0 Å². The molecule has 0 radical (unpaired) electrons. The normalized spacial score (nSPS) is 10.5. The van der Waals surface area contributed by atoms with Gasteiger partial charge < -0.3 is 5.32 Å². The number of fused-ring (bicyclic) bond motifs is 1. The molecule has 1 aromatic heterocycles. The van der Waals surface area contributed by atoms with Crippen LogP contribution in [0.15, 0.2) is 24.8 Å². The molecule has 5 nitrogen and oxygen atoms in total. The van der Waals surface area contributed by atoms with Crippen molar-refractivity contribution < 1.29 is 4.92 Å². The van der Waals surface area contributed by atoms with E-state index in [9.17, 15) is 10.1 Å². The Kier molecular flexibility index (Phi) is 3.57. The van der Waals surface area contributed by atoms with E-state index in [1.807, 2.05) is 6.92 Å². The zero-order valence-electron chi connectivity index (χ0n) is 9.97. The number of rotatable bonds is 5. The maximum absolute atomic E-state index is 11.0. The van der Waals surface area contributed by atoms with Crippen LogP contribution in [0.2, 0.25) is 0 Å². The predicted molar refractivity (Wildman–Crippen MR) is 74.3 cm³/mol. The maximum atomic E-state index is 11.0. The van der Waals surface area contributed by atoms with Gasteiger partial charge >= 0.3 is 0 Å². The van der Waals surface area contributed by atoms with Crippen molar-refractivity contribution >= 4 is 32.9 Å². The van der Waals surface area contributed by atoms with Crippen LogP contribution in [0.3, 0.4) is 0 Å². The van der Waals surface area contributed by atoms with Gasteiger partial charge in [0.05, 0.1) is 20.1 Å². The first-order valence-corrected chi connectivity index (χ1v) is 6.34. The fourth-order valence-corrected chi connectivity index (χ4v) is 2.52. The van der Waals surface area contributed by atoms with Gasteiger partial charge in [-0.25, -0.2) is 4.98 Å². The van der Waals surface area contributed by atoms with Crippen LogP contribution in [0.25, 0.3) is 10.2 Å². The van der Waals surface area contributed by atoms with Gasteiger partial charge in [0, 0.05) is 12.6 Å². The summed E-state index contributed by atoms with van der Waals surface area (Å²) in [6.07, 6.45) is 2.52. The SMILES string of the molecule is C=CCCNc1cc2nc(C)sc2cc1[N+](=O)[O-]. The molecule has 0 saturated carbocycles. The molecule has 6 heteroatoms. The lowest BCUT2D eigenvalue weighted by atomic mass is 10.2. The summed E-state index contributed by atoms with van der Waals surface area (Å²) in [7, 11) is 0. The fourth-order valence-electron chi connectivity index (χ4n) is 1.68. The molecule has 0 fully saturated rings. The molecule has 2 aromatic rings. The van der Waals surface area contributed by atoms with Gasteiger partial charge in [0.25, 0.3) is 5.69 Å². The Morgan fingerprint density at radius 2 is 2.39 bits per heavy atom. The molecule has 0 bridgehead atoms. The summed E-state index contributed by atoms with van der Waals surface area (Å²) in [4.78, 5) is 15.0. The number of nitrogens with one attached hydrogen (secondary N) is 1. The monoisotopic (exact) mass is 263 g/mol. The lowest BCUT2D eigenvalue weighted by Gasteiger charge is -2.05. The van der Waals surface area contributed by atoms with Crippen molar-refractivity contribution in [2.75, 3.05) is 11.9 Å². The summed E-state index contributed by atoms with van der Waals surface area (Å²) >= 11 is 1.46. The Morgan fingerprint density at radius 3 is 3.06 bits per heavy atom. The van der Waals surface area contributed by atoms with E-state index in [0.717, 1.165) is 21.6 Å². The van der Waals surface area contributed by atoms with Crippen LogP contribution in [0, 0.1) is 17.0 Å². The van der Waals surface area contributed by atoms with Gasteiger partial charge in [0.1, 0.15) is 5.69 Å². The first kappa shape index (κ1) is 12.5. The van der Waals surface area contributed by atoms with Gasteiger partial charge in [0.2, 0.25) is 0 Å². The summed E-state index contributed by atoms with van der Waals surface area (Å²) in [5.74, 6) is 0. The number of nitro groups is 1. The average Bonchev–Trinajstić information content (AvgIpc) is 2.67. The third kappa shape index (κ3) is 2.48. The first-order valence-electron chi connectivity index (χ1n) is 5.52. The van der Waals surface area contributed by atoms with Crippen LogP contribution in [-0.4, -0.2) is 16.5 Å². The highest BCUT2D eigenvalue weighted by Crippen LogP contribution is 2.32. The number of anilines is 1. The Labute approximate surface area is 108 Å². The first-order chi connectivity index (χ1) is 8.61. The lowest BCUT2D eigenvalue weighted by molar-refractivity contribution is -0.383. The van der Waals surface area contributed by atoms with Gasteiger partial charge in [-0.05, 0) is 19.4 Å². The number of benzene rings is 1. The molecule has 0 aliphatic rings. The summed E-state index contributed by atoms with van der Waals surface area (Å²) in [5, 5.41) is 15.0.